The van der Waals surface area contributed by atoms with Crippen molar-refractivity contribution >= 4 is 28.6 Å². The topological polar surface area (TPSA) is 75.2 Å². The number of hydrogen-bond donors (Lipinski definition) is 1. The average Bonchev–Trinajstić information content (AvgIpc) is 2.96. The number of nitrogens with zero attached hydrogens (tertiary/aromatic N) is 3. The Morgan fingerprint density at radius 2 is 1.24 bits per heavy atom. The van der Waals surface area contributed by atoms with Gasteiger partial charge in [-0.3, -0.25) is 9.59 Å². The zero-order chi connectivity index (χ0) is 26.3. The van der Waals surface area contributed by atoms with Crippen molar-refractivity contribution in [3.8, 4) is 0 Å². The first-order valence-electron chi connectivity index (χ1n) is 13.1. The lowest BCUT2D eigenvalue weighted by atomic mass is 9.98. The fraction of sp³-hybridized carbons (Fsp3) is 0.250. The summed E-state index contributed by atoms with van der Waals surface area (Å²) in [5, 5.41) is 3.37. The number of benzene rings is 3. The second-order valence-electron chi connectivity index (χ2n) is 10.1. The lowest BCUT2D eigenvalue weighted by Gasteiger charge is -2.32. The zero-order valence-corrected chi connectivity index (χ0v) is 21.6. The minimum absolute atomic E-state index is 0.0101. The molecule has 6 heteroatoms. The first-order valence-corrected chi connectivity index (χ1v) is 13.1. The van der Waals surface area contributed by atoms with Crippen LogP contribution in [0.25, 0.3) is 0 Å². The SMILES string of the molecule is CC1CCN(c2ccc(C(=O)Cc3ccc(Nc4ccc(CC(=O)c5cncnc5)cc4)cc3)cc2)CC1. The van der Waals surface area contributed by atoms with Crippen LogP contribution in [0, 0.1) is 5.92 Å². The second kappa shape index (κ2) is 11.8. The van der Waals surface area contributed by atoms with Gasteiger partial charge in [-0.15, -0.1) is 0 Å². The van der Waals surface area contributed by atoms with E-state index in [0.717, 1.165) is 47.1 Å². The van der Waals surface area contributed by atoms with Crippen molar-refractivity contribution in [2.45, 2.75) is 32.6 Å². The summed E-state index contributed by atoms with van der Waals surface area (Å²) in [6.45, 7) is 4.49. The van der Waals surface area contributed by atoms with Gasteiger partial charge >= 0.3 is 0 Å². The molecule has 4 aromatic rings. The van der Waals surface area contributed by atoms with Gasteiger partial charge in [0.15, 0.2) is 11.6 Å². The van der Waals surface area contributed by atoms with Crippen LogP contribution < -0.4 is 10.2 Å². The van der Waals surface area contributed by atoms with Crippen molar-refractivity contribution < 1.29 is 9.59 Å². The summed E-state index contributed by atoms with van der Waals surface area (Å²) in [5.74, 6) is 0.911. The first-order chi connectivity index (χ1) is 18.5. The molecule has 0 saturated carbocycles. The number of nitrogens with one attached hydrogen (secondary N) is 1. The summed E-state index contributed by atoms with van der Waals surface area (Å²) in [4.78, 5) is 35.4. The quantitative estimate of drug-likeness (QED) is 0.269. The molecule has 0 unspecified atom stereocenters. The van der Waals surface area contributed by atoms with E-state index in [1.165, 1.54) is 37.3 Å². The summed E-state index contributed by atoms with van der Waals surface area (Å²) in [7, 11) is 0. The van der Waals surface area contributed by atoms with Crippen LogP contribution in [0.5, 0.6) is 0 Å². The molecule has 6 nitrogen and oxygen atoms in total. The normalized spacial score (nSPS) is 13.8. The molecule has 1 aliphatic heterocycles. The average molecular weight is 505 g/mol. The van der Waals surface area contributed by atoms with Crippen molar-refractivity contribution in [3.63, 3.8) is 0 Å². The van der Waals surface area contributed by atoms with E-state index < -0.39 is 0 Å². The highest BCUT2D eigenvalue weighted by atomic mass is 16.1. The number of carbonyl (C=O) groups excluding carboxylic acids is 2. The fourth-order valence-corrected chi connectivity index (χ4v) is 4.72. The van der Waals surface area contributed by atoms with Crippen LogP contribution in [0.1, 0.15) is 51.6 Å². The zero-order valence-electron chi connectivity index (χ0n) is 21.6. The van der Waals surface area contributed by atoms with E-state index >= 15 is 0 Å². The Hall–Kier alpha value is -4.32. The summed E-state index contributed by atoms with van der Waals surface area (Å²) in [6, 6.07) is 23.8. The second-order valence-corrected chi connectivity index (χ2v) is 10.1. The van der Waals surface area contributed by atoms with Crippen LogP contribution in [0.2, 0.25) is 0 Å². The molecule has 1 fully saturated rings. The molecule has 0 radical (unpaired) electrons. The van der Waals surface area contributed by atoms with E-state index in [1.54, 1.807) is 0 Å². The molecule has 0 aliphatic carbocycles. The van der Waals surface area contributed by atoms with E-state index in [1.807, 2.05) is 60.7 Å². The van der Waals surface area contributed by atoms with Gasteiger partial charge in [0.1, 0.15) is 6.33 Å². The third kappa shape index (κ3) is 6.51. The predicted molar refractivity (Wildman–Crippen MR) is 151 cm³/mol. The van der Waals surface area contributed by atoms with Gasteiger partial charge in [-0.25, -0.2) is 9.97 Å². The molecule has 5 rings (SSSR count). The van der Waals surface area contributed by atoms with E-state index in [-0.39, 0.29) is 11.6 Å². The van der Waals surface area contributed by atoms with Gasteiger partial charge in [0, 0.05) is 61.0 Å². The van der Waals surface area contributed by atoms with Gasteiger partial charge in [-0.05, 0) is 78.4 Å². The Morgan fingerprint density at radius 1 is 0.737 bits per heavy atom. The highest BCUT2D eigenvalue weighted by Crippen LogP contribution is 2.24. The fourth-order valence-electron chi connectivity index (χ4n) is 4.72. The number of aromatic nitrogens is 2. The Balaban J connectivity index is 1.13. The van der Waals surface area contributed by atoms with Crippen LogP contribution in [0.15, 0.2) is 91.5 Å². The van der Waals surface area contributed by atoms with E-state index in [9.17, 15) is 9.59 Å². The van der Waals surface area contributed by atoms with Gasteiger partial charge < -0.3 is 10.2 Å². The molecule has 0 atom stereocenters. The van der Waals surface area contributed by atoms with Gasteiger partial charge in [0.2, 0.25) is 0 Å². The summed E-state index contributed by atoms with van der Waals surface area (Å²) < 4.78 is 0. The molecule has 1 saturated heterocycles. The Bertz CT molecular complexity index is 1360. The highest BCUT2D eigenvalue weighted by Gasteiger charge is 2.16. The van der Waals surface area contributed by atoms with Crippen molar-refractivity contribution in [3.05, 3.63) is 114 Å². The molecule has 38 heavy (non-hydrogen) atoms. The monoisotopic (exact) mass is 504 g/mol. The summed E-state index contributed by atoms with van der Waals surface area (Å²) >= 11 is 0. The Morgan fingerprint density at radius 3 is 1.76 bits per heavy atom. The Kier molecular flexibility index (Phi) is 7.88. The summed E-state index contributed by atoms with van der Waals surface area (Å²) in [6.07, 6.45) is 7.61. The molecule has 2 heterocycles. The van der Waals surface area contributed by atoms with E-state index in [2.05, 4.69) is 39.2 Å². The number of Topliss-reactive ketones (excluding diaryl/α,β-unsaturated/α-hetero) is 2. The molecule has 1 aliphatic rings. The maximum atomic E-state index is 12.9. The smallest absolute Gasteiger partial charge is 0.170 e. The molecule has 1 aromatic heterocycles. The van der Waals surface area contributed by atoms with Crippen molar-refractivity contribution in [1.82, 2.24) is 9.97 Å². The number of rotatable bonds is 9. The third-order valence-corrected chi connectivity index (χ3v) is 7.15. The number of ketones is 2. The van der Waals surface area contributed by atoms with E-state index in [0.29, 0.717) is 18.4 Å². The van der Waals surface area contributed by atoms with Crippen LogP contribution in [0.4, 0.5) is 17.1 Å². The molecule has 0 bridgehead atoms. The molecular weight excluding hydrogens is 472 g/mol. The minimum atomic E-state index is -0.0101. The van der Waals surface area contributed by atoms with Gasteiger partial charge in [-0.1, -0.05) is 31.2 Å². The molecule has 0 amide bonds. The molecule has 3 aromatic carbocycles. The first kappa shape index (κ1) is 25.3. The van der Waals surface area contributed by atoms with Crippen molar-refractivity contribution in [2.75, 3.05) is 23.3 Å². The maximum Gasteiger partial charge on any atom is 0.170 e. The van der Waals surface area contributed by atoms with Crippen molar-refractivity contribution in [2.24, 2.45) is 5.92 Å². The molecule has 0 spiro atoms. The van der Waals surface area contributed by atoms with Crippen LogP contribution in [-0.4, -0.2) is 34.6 Å². The maximum absolute atomic E-state index is 12.9. The third-order valence-electron chi connectivity index (χ3n) is 7.15. The molecular formula is C32H32N4O2. The number of piperidine rings is 1. The van der Waals surface area contributed by atoms with Gasteiger partial charge in [0.05, 0.1) is 5.56 Å². The van der Waals surface area contributed by atoms with Gasteiger partial charge in [-0.2, -0.15) is 0 Å². The predicted octanol–water partition coefficient (Wildman–Crippen LogP) is 6.31. The molecule has 192 valence electrons. The van der Waals surface area contributed by atoms with Crippen LogP contribution >= 0.6 is 0 Å². The largest absolute Gasteiger partial charge is 0.372 e. The standard InChI is InChI=1S/C32H32N4O2/c1-23-14-16-36(17-15-23)30-12-6-26(7-13-30)31(37)18-24-2-8-28(9-3-24)35-29-10-4-25(5-11-29)19-32(38)27-20-33-22-34-21-27/h2-13,20-23,35H,14-19H2,1H3. The highest BCUT2D eigenvalue weighted by molar-refractivity contribution is 5.98. The summed E-state index contributed by atoms with van der Waals surface area (Å²) in [5.41, 5.74) is 6.24. The van der Waals surface area contributed by atoms with Gasteiger partial charge in [0.25, 0.3) is 0 Å². The van der Waals surface area contributed by atoms with Crippen molar-refractivity contribution in [1.29, 1.82) is 0 Å². The minimum Gasteiger partial charge on any atom is -0.372 e. The Labute approximate surface area is 223 Å². The van der Waals surface area contributed by atoms with Crippen LogP contribution in [0.3, 0.4) is 0 Å². The molecule has 1 N–H and O–H groups in total. The number of anilines is 3. The number of hydrogen-bond acceptors (Lipinski definition) is 6. The van der Waals surface area contributed by atoms with Crippen LogP contribution in [-0.2, 0) is 12.8 Å². The lowest BCUT2D eigenvalue weighted by molar-refractivity contribution is 0.0984. The lowest BCUT2D eigenvalue weighted by Crippen LogP contribution is -2.32. The van der Waals surface area contributed by atoms with E-state index in [4.69, 9.17) is 0 Å². The number of carbonyl (C=O) groups is 2.